The van der Waals surface area contributed by atoms with Crippen molar-refractivity contribution in [3.05, 3.63) is 23.0 Å². The lowest BCUT2D eigenvalue weighted by molar-refractivity contribution is -0.137. The lowest BCUT2D eigenvalue weighted by atomic mass is 10.0. The van der Waals surface area contributed by atoms with Crippen LogP contribution in [0.15, 0.2) is 17.3 Å². The molecule has 0 saturated carbocycles. The number of nitrogens with zero attached hydrogens (tertiary/aromatic N) is 3. The van der Waals surface area contributed by atoms with Crippen molar-refractivity contribution in [2.24, 2.45) is 0 Å². The summed E-state index contributed by atoms with van der Waals surface area (Å²) in [5, 5.41) is 21.8. The lowest BCUT2D eigenvalue weighted by Gasteiger charge is -2.21. The van der Waals surface area contributed by atoms with Crippen LogP contribution in [-0.4, -0.2) is 45.1 Å². The van der Waals surface area contributed by atoms with E-state index in [-0.39, 0.29) is 19.0 Å². The molecule has 1 aromatic rings. The first-order valence-corrected chi connectivity index (χ1v) is 5.84. The molecule has 1 amide bonds. The molecule has 1 aromatic heterocycles. The van der Waals surface area contributed by atoms with E-state index < -0.39 is 5.97 Å². The Balaban J connectivity index is 1.86. The molecule has 0 aromatic carbocycles. The summed E-state index contributed by atoms with van der Waals surface area (Å²) in [5.74, 6) is -1.12. The third-order valence-electron chi connectivity index (χ3n) is 2.86. The Morgan fingerprint density at radius 3 is 2.84 bits per heavy atom. The summed E-state index contributed by atoms with van der Waals surface area (Å²) in [4.78, 5) is 22.3. The highest BCUT2D eigenvalue weighted by atomic mass is 16.4. The summed E-state index contributed by atoms with van der Waals surface area (Å²) in [6.45, 7) is 3.29. The van der Waals surface area contributed by atoms with E-state index in [9.17, 15) is 9.59 Å². The van der Waals surface area contributed by atoms with Gasteiger partial charge in [0.25, 0.3) is 0 Å². The number of amides is 1. The van der Waals surface area contributed by atoms with E-state index in [1.165, 1.54) is 10.9 Å². The van der Waals surface area contributed by atoms with E-state index in [1.807, 2.05) is 0 Å². The van der Waals surface area contributed by atoms with Gasteiger partial charge < -0.3 is 15.7 Å². The van der Waals surface area contributed by atoms with Crippen molar-refractivity contribution in [3.8, 4) is 0 Å². The van der Waals surface area contributed by atoms with E-state index in [1.54, 1.807) is 6.92 Å². The Kier molecular flexibility index (Phi) is 3.91. The van der Waals surface area contributed by atoms with E-state index in [4.69, 9.17) is 5.11 Å². The zero-order valence-electron chi connectivity index (χ0n) is 10.5. The van der Waals surface area contributed by atoms with Gasteiger partial charge in [-0.15, -0.1) is 5.10 Å². The molecule has 102 valence electrons. The summed E-state index contributed by atoms with van der Waals surface area (Å²) in [6, 6.07) is 0. The maximum Gasteiger partial charge on any atom is 0.325 e. The minimum absolute atomic E-state index is 0.135. The maximum atomic E-state index is 11.8. The summed E-state index contributed by atoms with van der Waals surface area (Å²) in [5.41, 5.74) is 2.35. The first-order valence-electron chi connectivity index (χ1n) is 5.84. The Bertz CT molecular complexity index is 528. The minimum Gasteiger partial charge on any atom is -0.480 e. The van der Waals surface area contributed by atoms with Gasteiger partial charge in [0.05, 0.1) is 12.7 Å². The fraction of sp³-hybridized carbons (Fsp3) is 0.455. The molecular weight excluding hydrogens is 250 g/mol. The Morgan fingerprint density at radius 1 is 1.53 bits per heavy atom. The third-order valence-corrected chi connectivity index (χ3v) is 2.86. The Labute approximate surface area is 109 Å². The molecule has 1 saturated heterocycles. The maximum absolute atomic E-state index is 11.8. The minimum atomic E-state index is -0.987. The van der Waals surface area contributed by atoms with Crippen LogP contribution in [0.25, 0.3) is 0 Å². The molecule has 0 bridgehead atoms. The van der Waals surface area contributed by atoms with Gasteiger partial charge in [-0.25, -0.2) is 4.68 Å². The number of carboxylic acid groups (broad SMARTS) is 1. The molecule has 8 nitrogen and oxygen atoms in total. The smallest absolute Gasteiger partial charge is 0.325 e. The van der Waals surface area contributed by atoms with Gasteiger partial charge in [0.1, 0.15) is 12.2 Å². The molecule has 0 unspecified atom stereocenters. The second kappa shape index (κ2) is 5.61. The van der Waals surface area contributed by atoms with Crippen LogP contribution in [0.1, 0.15) is 12.6 Å². The van der Waals surface area contributed by atoms with Gasteiger partial charge in [-0.3, -0.25) is 9.59 Å². The van der Waals surface area contributed by atoms with E-state index in [0.29, 0.717) is 5.69 Å². The van der Waals surface area contributed by atoms with Crippen LogP contribution in [0.5, 0.6) is 0 Å². The van der Waals surface area contributed by atoms with Crippen molar-refractivity contribution < 1.29 is 14.7 Å². The number of nitrogens with one attached hydrogen (secondary N) is 2. The fourth-order valence-electron chi connectivity index (χ4n) is 1.61. The molecular formula is C11H15N5O3. The highest BCUT2D eigenvalue weighted by molar-refractivity contribution is 5.93. The molecule has 2 rings (SSSR count). The standard InChI is InChI=1S/C11H15N5O3/c1-7(8-2-12-3-8)11(19)13-4-9-5-16(15-14-9)6-10(17)18/h5,12H,2-4,6H2,1H3,(H,13,19)(H,17,18). The molecule has 0 aliphatic carbocycles. The fourth-order valence-corrected chi connectivity index (χ4v) is 1.61. The monoisotopic (exact) mass is 265 g/mol. The number of aliphatic carboxylic acids is 1. The van der Waals surface area contributed by atoms with Gasteiger partial charge >= 0.3 is 5.97 Å². The van der Waals surface area contributed by atoms with Gasteiger partial charge in [0, 0.05) is 18.7 Å². The summed E-state index contributed by atoms with van der Waals surface area (Å²) >= 11 is 0. The number of rotatable bonds is 5. The SMILES string of the molecule is CC(C(=O)NCc1cn(CC(=O)O)nn1)=C1CNC1. The van der Waals surface area contributed by atoms with E-state index in [0.717, 1.165) is 24.2 Å². The molecule has 19 heavy (non-hydrogen) atoms. The molecule has 3 N–H and O–H groups in total. The lowest BCUT2D eigenvalue weighted by Crippen LogP contribution is -2.37. The Morgan fingerprint density at radius 2 is 2.26 bits per heavy atom. The molecule has 8 heteroatoms. The van der Waals surface area contributed by atoms with Crippen molar-refractivity contribution >= 4 is 11.9 Å². The quantitative estimate of drug-likeness (QED) is 0.583. The first kappa shape index (κ1) is 13.2. The van der Waals surface area contributed by atoms with Gasteiger partial charge in [-0.05, 0) is 12.5 Å². The molecule has 0 radical (unpaired) electrons. The van der Waals surface area contributed by atoms with Crippen molar-refractivity contribution in [1.29, 1.82) is 0 Å². The van der Waals surface area contributed by atoms with Crippen LogP contribution in [0.3, 0.4) is 0 Å². The number of aromatic nitrogens is 3. The number of hydrogen-bond acceptors (Lipinski definition) is 5. The zero-order chi connectivity index (χ0) is 13.8. The summed E-state index contributed by atoms with van der Waals surface area (Å²) in [6.07, 6.45) is 1.50. The molecule has 2 heterocycles. The van der Waals surface area contributed by atoms with Crippen LogP contribution in [0.4, 0.5) is 0 Å². The summed E-state index contributed by atoms with van der Waals surface area (Å²) in [7, 11) is 0. The normalized spacial score (nSPS) is 13.8. The van der Waals surface area contributed by atoms with E-state index >= 15 is 0 Å². The van der Waals surface area contributed by atoms with Crippen molar-refractivity contribution in [2.45, 2.75) is 20.0 Å². The summed E-state index contributed by atoms with van der Waals surface area (Å²) < 4.78 is 1.21. The number of carbonyl (C=O) groups is 2. The van der Waals surface area contributed by atoms with Crippen molar-refractivity contribution in [1.82, 2.24) is 25.6 Å². The first-order chi connectivity index (χ1) is 9.06. The second-order valence-electron chi connectivity index (χ2n) is 4.32. The van der Waals surface area contributed by atoms with Gasteiger partial charge in [-0.1, -0.05) is 5.21 Å². The predicted octanol–water partition coefficient (Wildman–Crippen LogP) is -1.10. The average molecular weight is 265 g/mol. The number of carboxylic acids is 1. The molecule has 1 aliphatic rings. The van der Waals surface area contributed by atoms with Crippen LogP contribution in [-0.2, 0) is 22.7 Å². The topological polar surface area (TPSA) is 109 Å². The van der Waals surface area contributed by atoms with Gasteiger partial charge in [-0.2, -0.15) is 0 Å². The highest BCUT2D eigenvalue weighted by Crippen LogP contribution is 2.08. The van der Waals surface area contributed by atoms with Crippen LogP contribution in [0, 0.1) is 0 Å². The molecule has 0 spiro atoms. The number of carbonyl (C=O) groups excluding carboxylic acids is 1. The van der Waals surface area contributed by atoms with Crippen LogP contribution < -0.4 is 10.6 Å². The number of hydrogen-bond donors (Lipinski definition) is 3. The van der Waals surface area contributed by atoms with Gasteiger partial charge in [0.2, 0.25) is 5.91 Å². The largest absolute Gasteiger partial charge is 0.480 e. The molecule has 1 fully saturated rings. The predicted molar refractivity (Wildman–Crippen MR) is 65.1 cm³/mol. The highest BCUT2D eigenvalue weighted by Gasteiger charge is 2.16. The molecule has 1 aliphatic heterocycles. The van der Waals surface area contributed by atoms with Crippen LogP contribution in [0.2, 0.25) is 0 Å². The average Bonchev–Trinajstić information content (AvgIpc) is 2.70. The molecule has 0 atom stereocenters. The van der Waals surface area contributed by atoms with Crippen molar-refractivity contribution in [3.63, 3.8) is 0 Å². The second-order valence-corrected chi connectivity index (χ2v) is 4.32. The van der Waals surface area contributed by atoms with Gasteiger partial charge in [0.15, 0.2) is 0 Å². The van der Waals surface area contributed by atoms with E-state index in [2.05, 4.69) is 20.9 Å². The Hall–Kier alpha value is -2.22. The van der Waals surface area contributed by atoms with Crippen molar-refractivity contribution in [2.75, 3.05) is 13.1 Å². The zero-order valence-corrected chi connectivity index (χ0v) is 10.5. The third kappa shape index (κ3) is 3.38. The van der Waals surface area contributed by atoms with Crippen LogP contribution >= 0.6 is 0 Å².